The summed E-state index contributed by atoms with van der Waals surface area (Å²) in [7, 11) is 7.10. The molecule has 430 valence electrons. The Morgan fingerprint density at radius 1 is 0.376 bits per heavy atom. The Bertz CT molecular complexity index is 3960. The van der Waals surface area contributed by atoms with E-state index in [0.717, 1.165) is 94.4 Å². The van der Waals surface area contributed by atoms with Crippen LogP contribution in [0.25, 0.3) is 88.6 Å². The summed E-state index contributed by atoms with van der Waals surface area (Å²) < 4.78 is 43.7. The monoisotopic (exact) mass is 1160 g/mol. The smallest absolute Gasteiger partial charge is 0.327 e. The van der Waals surface area contributed by atoms with Gasteiger partial charge in [0.1, 0.15) is 60.5 Å². The summed E-state index contributed by atoms with van der Waals surface area (Å²) in [6.07, 6.45) is 0. The van der Waals surface area contributed by atoms with Gasteiger partial charge in [-0.1, -0.05) is 126 Å². The summed E-state index contributed by atoms with van der Waals surface area (Å²) >= 11 is 5.92. The van der Waals surface area contributed by atoms with Gasteiger partial charge in [0, 0.05) is 48.8 Å². The zero-order valence-electron chi connectivity index (χ0n) is 47.3. The number of aromatic nitrogens is 8. The second-order valence-electron chi connectivity index (χ2n) is 19.0. The lowest BCUT2D eigenvalue weighted by Crippen LogP contribution is -2.12. The molecule has 0 fully saturated rings. The number of nitrogens with zero attached hydrogens (tertiary/aromatic N) is 8. The molecule has 0 N–H and O–H groups in total. The molecular formula is C66H58ClFN8O9. The second kappa shape index (κ2) is 27.5. The van der Waals surface area contributed by atoms with Crippen molar-refractivity contribution >= 4 is 79.1 Å². The van der Waals surface area contributed by atoms with Gasteiger partial charge in [-0.25, -0.2) is 4.39 Å². The number of hydrogen-bond acceptors (Lipinski definition) is 13. The van der Waals surface area contributed by atoms with Crippen LogP contribution in [0, 0.1) is 12.7 Å². The molecule has 0 amide bonds. The number of rotatable bonds is 13. The van der Waals surface area contributed by atoms with Crippen LogP contribution in [-0.2, 0) is 64.3 Å². The molecular weight excluding hydrogens is 1100 g/mol. The van der Waals surface area contributed by atoms with Crippen molar-refractivity contribution in [2.45, 2.75) is 33.1 Å². The van der Waals surface area contributed by atoms with Crippen LogP contribution in [0.15, 0.2) is 194 Å². The summed E-state index contributed by atoms with van der Waals surface area (Å²) in [4.78, 5) is 46.1. The van der Waals surface area contributed by atoms with E-state index in [0.29, 0.717) is 5.02 Å². The fourth-order valence-corrected chi connectivity index (χ4v) is 9.39. The average molecular weight is 1160 g/mol. The molecule has 0 aliphatic heterocycles. The van der Waals surface area contributed by atoms with E-state index >= 15 is 0 Å². The van der Waals surface area contributed by atoms with Crippen LogP contribution in [0.2, 0.25) is 5.02 Å². The van der Waals surface area contributed by atoms with Crippen molar-refractivity contribution in [3.63, 3.8) is 0 Å². The van der Waals surface area contributed by atoms with Gasteiger partial charge in [-0.15, -0.1) is 0 Å². The maximum atomic E-state index is 13.1. The number of methoxy groups -OCH3 is 5. The van der Waals surface area contributed by atoms with Gasteiger partial charge in [0.15, 0.2) is 0 Å². The maximum Gasteiger partial charge on any atom is 0.327 e. The molecule has 0 unspecified atom stereocenters. The van der Waals surface area contributed by atoms with Crippen molar-refractivity contribution < 1.29 is 47.3 Å². The third-order valence-corrected chi connectivity index (χ3v) is 13.8. The van der Waals surface area contributed by atoms with Crippen LogP contribution in [0.1, 0.15) is 5.56 Å². The van der Waals surface area contributed by atoms with Crippen LogP contribution in [-0.4, -0.2) is 98.5 Å². The van der Waals surface area contributed by atoms with E-state index in [1.807, 2.05) is 158 Å². The van der Waals surface area contributed by atoms with E-state index in [4.69, 9.17) is 30.5 Å². The van der Waals surface area contributed by atoms with Crippen LogP contribution < -0.4 is 4.74 Å². The highest BCUT2D eigenvalue weighted by molar-refractivity contribution is 6.30. The van der Waals surface area contributed by atoms with Gasteiger partial charge in [0.25, 0.3) is 0 Å². The largest absolute Gasteiger partial charge is 0.497 e. The Morgan fingerprint density at radius 3 is 0.918 bits per heavy atom. The Labute approximate surface area is 493 Å². The number of carbonyl (C=O) groups excluding carboxylic acids is 4. The molecule has 4 heterocycles. The zero-order valence-corrected chi connectivity index (χ0v) is 48.1. The van der Waals surface area contributed by atoms with Gasteiger partial charge in [0.2, 0.25) is 0 Å². The van der Waals surface area contributed by atoms with Gasteiger partial charge in [-0.3, -0.25) is 37.9 Å². The second-order valence-corrected chi connectivity index (χ2v) is 19.4. The molecule has 4 aromatic heterocycles. The van der Waals surface area contributed by atoms with E-state index in [1.54, 1.807) is 38.0 Å². The molecule has 0 saturated carbocycles. The number of ether oxygens (including phenoxy) is 5. The molecule has 0 bridgehead atoms. The Balaban J connectivity index is 0.000000136. The number of halogens is 2. The Morgan fingerprint density at radius 2 is 0.635 bits per heavy atom. The number of benzene rings is 8. The summed E-state index contributed by atoms with van der Waals surface area (Å²) in [5.41, 5.74) is 11.8. The fourth-order valence-electron chi connectivity index (χ4n) is 9.27. The Kier molecular flexibility index (Phi) is 19.2. The molecule has 12 rings (SSSR count). The SMILES string of the molecule is COC(=O)Cn1nc(-c2ccc(C)cc2)c2ccccc21.COC(=O)Cn1nc(-c2ccc(Cl)cc2)c2ccccc21.COC(=O)Cn1nc(-c2ccc(F)cc2)c2ccccc21.COC(=O)Cn1nc(-c2ccc(OC)cc2)c2ccccc21. The lowest BCUT2D eigenvalue weighted by Gasteiger charge is -2.01. The lowest BCUT2D eigenvalue weighted by molar-refractivity contribution is -0.142. The number of hydrogen-bond donors (Lipinski definition) is 0. The van der Waals surface area contributed by atoms with Crippen molar-refractivity contribution in [3.05, 3.63) is 211 Å². The first-order chi connectivity index (χ1) is 41.3. The molecule has 17 nitrogen and oxygen atoms in total. The van der Waals surface area contributed by atoms with Crippen LogP contribution in [0.5, 0.6) is 5.75 Å². The molecule has 0 spiro atoms. The summed E-state index contributed by atoms with van der Waals surface area (Å²) in [6.45, 7) is 2.39. The van der Waals surface area contributed by atoms with E-state index < -0.39 is 0 Å². The predicted molar refractivity (Wildman–Crippen MR) is 325 cm³/mol. The molecule has 0 atom stereocenters. The normalized spacial score (nSPS) is 10.7. The minimum atomic E-state index is -0.367. The topological polar surface area (TPSA) is 186 Å². The number of fused-ring (bicyclic) bond motifs is 4. The molecule has 0 saturated heterocycles. The van der Waals surface area contributed by atoms with Gasteiger partial charge in [-0.05, 0) is 91.9 Å². The van der Waals surface area contributed by atoms with Gasteiger partial charge < -0.3 is 23.7 Å². The molecule has 85 heavy (non-hydrogen) atoms. The number of para-hydroxylation sites is 4. The van der Waals surface area contributed by atoms with Crippen molar-refractivity contribution in [1.29, 1.82) is 0 Å². The fraction of sp³-hybridized carbons (Fsp3) is 0.152. The van der Waals surface area contributed by atoms with E-state index in [2.05, 4.69) is 44.2 Å². The van der Waals surface area contributed by atoms with Crippen LogP contribution in [0.3, 0.4) is 0 Å². The first-order valence-electron chi connectivity index (χ1n) is 26.6. The van der Waals surface area contributed by atoms with Gasteiger partial charge in [0.05, 0.1) is 57.6 Å². The third-order valence-electron chi connectivity index (χ3n) is 13.6. The van der Waals surface area contributed by atoms with Gasteiger partial charge in [-0.2, -0.15) is 20.4 Å². The van der Waals surface area contributed by atoms with E-state index in [9.17, 15) is 23.6 Å². The highest BCUT2D eigenvalue weighted by atomic mass is 35.5. The average Bonchev–Trinajstić information content (AvgIpc) is 3.37. The summed E-state index contributed by atoms with van der Waals surface area (Å²) in [6, 6.07) is 60.6. The Hall–Kier alpha value is -10.5. The standard InChI is InChI=1S/C17H16N2O3.C17H16N2O2.C16H13ClN2O2.C16H13FN2O2/c1-21-13-9-7-12(8-10-13)17-14-5-3-4-6-15(14)19(18-17)11-16(20)22-2;1-12-7-9-13(10-8-12)17-14-5-3-4-6-15(14)19(18-17)11-16(20)21-2;2*1-21-15(20)10-19-14-5-3-2-4-13(14)16(18-19)11-6-8-12(17)9-7-11/h3-10H,11H2,1-2H3;3-10H,11H2,1-2H3;2*2-9H,10H2,1H3. The zero-order chi connectivity index (χ0) is 60.0. The van der Waals surface area contributed by atoms with Crippen molar-refractivity contribution in [3.8, 4) is 50.8 Å². The minimum absolute atomic E-state index is 0.0399. The van der Waals surface area contributed by atoms with E-state index in [-0.39, 0.29) is 55.9 Å². The molecule has 8 aromatic carbocycles. The highest BCUT2D eigenvalue weighted by Gasteiger charge is 2.19. The minimum Gasteiger partial charge on any atom is -0.497 e. The van der Waals surface area contributed by atoms with Crippen LogP contribution in [0.4, 0.5) is 4.39 Å². The summed E-state index contributed by atoms with van der Waals surface area (Å²) in [5.74, 6) is -0.827. The molecule has 0 radical (unpaired) electrons. The first-order valence-corrected chi connectivity index (χ1v) is 27.0. The molecule has 0 aliphatic carbocycles. The number of carbonyl (C=O) groups is 4. The van der Waals surface area contributed by atoms with Gasteiger partial charge >= 0.3 is 23.9 Å². The quantitative estimate of drug-likeness (QED) is 0.0785. The number of esters is 4. The molecule has 0 aliphatic rings. The predicted octanol–water partition coefficient (Wildman–Crippen LogP) is 12.6. The van der Waals surface area contributed by atoms with E-state index in [1.165, 1.54) is 46.1 Å². The molecule has 12 aromatic rings. The van der Waals surface area contributed by atoms with Crippen molar-refractivity contribution in [1.82, 2.24) is 39.1 Å². The van der Waals surface area contributed by atoms with Crippen molar-refractivity contribution in [2.24, 2.45) is 0 Å². The summed E-state index contributed by atoms with van der Waals surface area (Å²) in [5, 5.41) is 22.8. The van der Waals surface area contributed by atoms with Crippen LogP contribution >= 0.6 is 11.6 Å². The lowest BCUT2D eigenvalue weighted by atomic mass is 10.1. The van der Waals surface area contributed by atoms with Crippen molar-refractivity contribution in [2.75, 3.05) is 35.5 Å². The third kappa shape index (κ3) is 14.1. The molecule has 19 heteroatoms. The maximum absolute atomic E-state index is 13.1. The number of aryl methyl sites for hydroxylation is 1. The highest BCUT2D eigenvalue weighted by Crippen LogP contribution is 2.33. The first kappa shape index (κ1) is 59.2.